The number of guanidine groups is 1. The van der Waals surface area contributed by atoms with Crippen LogP contribution < -0.4 is 10.6 Å². The summed E-state index contributed by atoms with van der Waals surface area (Å²) in [6.07, 6.45) is 4.91. The Kier molecular flexibility index (Phi) is 9.07. The van der Waals surface area contributed by atoms with Crippen LogP contribution in [0.1, 0.15) is 34.6 Å². The van der Waals surface area contributed by atoms with E-state index >= 15 is 0 Å². The minimum atomic E-state index is -0.482. The number of rotatable bonds is 6. The van der Waals surface area contributed by atoms with E-state index in [-0.39, 0.29) is 12.0 Å². The predicted octanol–water partition coefficient (Wildman–Crippen LogP) is 1.68. The molecule has 0 aromatic heterocycles. The van der Waals surface area contributed by atoms with E-state index in [2.05, 4.69) is 21.5 Å². The summed E-state index contributed by atoms with van der Waals surface area (Å²) in [6.45, 7) is 12.0. The van der Waals surface area contributed by atoms with Gasteiger partial charge in [-0.2, -0.15) is 0 Å². The largest absolute Gasteiger partial charge is 0.444 e. The van der Waals surface area contributed by atoms with Crippen LogP contribution in [-0.2, 0) is 4.74 Å². The van der Waals surface area contributed by atoms with Crippen LogP contribution >= 0.6 is 0 Å². The van der Waals surface area contributed by atoms with Crippen molar-refractivity contribution < 1.29 is 9.53 Å². The van der Waals surface area contributed by atoms with Crippen molar-refractivity contribution in [2.75, 3.05) is 33.2 Å². The van der Waals surface area contributed by atoms with Crippen molar-refractivity contribution in [3.8, 4) is 12.3 Å². The van der Waals surface area contributed by atoms with Gasteiger partial charge in [0.1, 0.15) is 5.60 Å². The summed E-state index contributed by atoms with van der Waals surface area (Å²) < 4.78 is 5.32. The van der Waals surface area contributed by atoms with Crippen LogP contribution in [0.15, 0.2) is 4.99 Å². The standard InChI is InChI=1S/C16H30N4O2/c1-8-10-18-14(17-9-2)19-11-13(3)12-20(7)15(21)22-16(4,5)6/h1,13H,9-12H2,2-7H3,(H2,17,18,19). The number of carbonyl (C=O) groups is 1. The summed E-state index contributed by atoms with van der Waals surface area (Å²) >= 11 is 0. The molecule has 6 nitrogen and oxygen atoms in total. The van der Waals surface area contributed by atoms with E-state index in [9.17, 15) is 4.79 Å². The zero-order valence-corrected chi connectivity index (χ0v) is 14.7. The molecule has 0 aliphatic carbocycles. The normalized spacial score (nSPS) is 13.0. The highest BCUT2D eigenvalue weighted by Gasteiger charge is 2.20. The first kappa shape index (κ1) is 20.1. The van der Waals surface area contributed by atoms with Crippen LogP contribution in [0.2, 0.25) is 0 Å². The molecule has 0 radical (unpaired) electrons. The molecule has 0 aromatic carbocycles. The van der Waals surface area contributed by atoms with Crippen LogP contribution in [0.25, 0.3) is 0 Å². The molecule has 22 heavy (non-hydrogen) atoms. The van der Waals surface area contributed by atoms with Gasteiger partial charge < -0.3 is 20.3 Å². The molecule has 0 bridgehead atoms. The van der Waals surface area contributed by atoms with Gasteiger partial charge in [0.15, 0.2) is 5.96 Å². The smallest absolute Gasteiger partial charge is 0.410 e. The Morgan fingerprint density at radius 2 is 2.05 bits per heavy atom. The van der Waals surface area contributed by atoms with Crippen LogP contribution in [0.4, 0.5) is 4.79 Å². The molecule has 1 unspecified atom stereocenters. The Hall–Kier alpha value is -1.90. The van der Waals surface area contributed by atoms with Gasteiger partial charge in [-0.3, -0.25) is 4.99 Å². The first-order valence-corrected chi connectivity index (χ1v) is 7.59. The third-order valence-electron chi connectivity index (χ3n) is 2.55. The second-order valence-corrected chi connectivity index (χ2v) is 6.24. The summed E-state index contributed by atoms with van der Waals surface area (Å²) in [5.74, 6) is 3.41. The molecule has 1 amide bonds. The quantitative estimate of drug-likeness (QED) is 0.445. The molecule has 1 atom stereocenters. The lowest BCUT2D eigenvalue weighted by atomic mass is 10.2. The van der Waals surface area contributed by atoms with Crippen molar-refractivity contribution >= 4 is 12.1 Å². The third kappa shape index (κ3) is 9.92. The highest BCUT2D eigenvalue weighted by atomic mass is 16.6. The zero-order valence-electron chi connectivity index (χ0n) is 14.7. The lowest BCUT2D eigenvalue weighted by Gasteiger charge is -2.26. The maximum absolute atomic E-state index is 11.9. The van der Waals surface area contributed by atoms with E-state index < -0.39 is 5.60 Å². The minimum absolute atomic E-state index is 0.207. The molecule has 0 saturated carbocycles. The Balaban J connectivity index is 4.38. The van der Waals surface area contributed by atoms with Crippen molar-refractivity contribution in [2.24, 2.45) is 10.9 Å². The van der Waals surface area contributed by atoms with Crippen LogP contribution in [0.5, 0.6) is 0 Å². The molecule has 126 valence electrons. The summed E-state index contributed by atoms with van der Waals surface area (Å²) in [4.78, 5) is 17.9. The van der Waals surface area contributed by atoms with Crippen LogP contribution in [-0.4, -0.2) is 55.8 Å². The molecule has 0 spiro atoms. The van der Waals surface area contributed by atoms with Crippen LogP contribution in [0.3, 0.4) is 0 Å². The summed E-state index contributed by atoms with van der Waals surface area (Å²) in [6, 6.07) is 0. The second-order valence-electron chi connectivity index (χ2n) is 6.24. The van der Waals surface area contributed by atoms with Gasteiger partial charge in [-0.25, -0.2) is 4.79 Å². The maximum atomic E-state index is 11.9. The fourth-order valence-electron chi connectivity index (χ4n) is 1.66. The topological polar surface area (TPSA) is 66.0 Å². The van der Waals surface area contributed by atoms with Gasteiger partial charge in [0.05, 0.1) is 6.54 Å². The fourth-order valence-corrected chi connectivity index (χ4v) is 1.66. The highest BCUT2D eigenvalue weighted by Crippen LogP contribution is 2.10. The van der Waals surface area contributed by atoms with Crippen molar-refractivity contribution in [2.45, 2.75) is 40.2 Å². The number of hydrogen-bond acceptors (Lipinski definition) is 3. The summed E-state index contributed by atoms with van der Waals surface area (Å²) in [5.41, 5.74) is -0.482. The Morgan fingerprint density at radius 3 is 2.55 bits per heavy atom. The number of aliphatic imine (C=N–C) groups is 1. The second kappa shape index (κ2) is 9.93. The van der Waals surface area contributed by atoms with Crippen molar-refractivity contribution in [1.82, 2.24) is 15.5 Å². The predicted molar refractivity (Wildman–Crippen MR) is 90.8 cm³/mol. The third-order valence-corrected chi connectivity index (χ3v) is 2.55. The molecule has 0 aromatic rings. The van der Waals surface area contributed by atoms with E-state index in [1.54, 1.807) is 11.9 Å². The molecular formula is C16H30N4O2. The van der Waals surface area contributed by atoms with Crippen molar-refractivity contribution in [3.63, 3.8) is 0 Å². The Labute approximate surface area is 134 Å². The minimum Gasteiger partial charge on any atom is -0.444 e. The van der Waals surface area contributed by atoms with E-state index in [0.29, 0.717) is 25.6 Å². The molecule has 6 heteroatoms. The summed E-state index contributed by atoms with van der Waals surface area (Å²) in [7, 11) is 1.73. The first-order valence-electron chi connectivity index (χ1n) is 7.59. The SMILES string of the molecule is C#CCNC(=NCC(C)CN(C)C(=O)OC(C)(C)C)NCC. The fraction of sp³-hybridized carbons (Fsp3) is 0.750. The van der Waals surface area contributed by atoms with Crippen molar-refractivity contribution in [1.29, 1.82) is 0 Å². The molecule has 0 rings (SSSR count). The molecule has 0 fully saturated rings. The Bertz CT molecular complexity index is 407. The number of nitrogens with one attached hydrogen (secondary N) is 2. The van der Waals surface area contributed by atoms with Gasteiger partial charge in [0.2, 0.25) is 0 Å². The van der Waals surface area contributed by atoms with Gasteiger partial charge in [-0.05, 0) is 33.6 Å². The lowest BCUT2D eigenvalue weighted by Crippen LogP contribution is -2.39. The molecule has 0 heterocycles. The number of carbonyl (C=O) groups excluding carboxylic acids is 1. The van der Waals surface area contributed by atoms with E-state index in [1.807, 2.05) is 34.6 Å². The molecule has 0 aliphatic rings. The Morgan fingerprint density at radius 1 is 1.41 bits per heavy atom. The number of amides is 1. The molecular weight excluding hydrogens is 280 g/mol. The molecule has 0 aliphatic heterocycles. The van der Waals surface area contributed by atoms with Gasteiger partial charge in [-0.15, -0.1) is 6.42 Å². The lowest BCUT2D eigenvalue weighted by molar-refractivity contribution is 0.0279. The van der Waals surface area contributed by atoms with Gasteiger partial charge in [0, 0.05) is 26.7 Å². The average Bonchev–Trinajstić information content (AvgIpc) is 2.40. The highest BCUT2D eigenvalue weighted by molar-refractivity contribution is 5.79. The van der Waals surface area contributed by atoms with Crippen molar-refractivity contribution in [3.05, 3.63) is 0 Å². The van der Waals surface area contributed by atoms with Gasteiger partial charge in [-0.1, -0.05) is 12.8 Å². The number of hydrogen-bond donors (Lipinski definition) is 2. The van der Waals surface area contributed by atoms with Gasteiger partial charge >= 0.3 is 6.09 Å². The van der Waals surface area contributed by atoms with E-state index in [4.69, 9.17) is 11.2 Å². The number of terminal acetylenes is 1. The molecule has 0 saturated heterocycles. The monoisotopic (exact) mass is 310 g/mol. The zero-order chi connectivity index (χ0) is 17.2. The number of nitrogens with zero attached hydrogens (tertiary/aromatic N) is 2. The average molecular weight is 310 g/mol. The molecule has 2 N–H and O–H groups in total. The van der Waals surface area contributed by atoms with Crippen LogP contribution in [0, 0.1) is 18.3 Å². The van der Waals surface area contributed by atoms with E-state index in [1.165, 1.54) is 0 Å². The maximum Gasteiger partial charge on any atom is 0.410 e. The number of ether oxygens (including phenoxy) is 1. The van der Waals surface area contributed by atoms with E-state index in [0.717, 1.165) is 6.54 Å². The van der Waals surface area contributed by atoms with Gasteiger partial charge in [0.25, 0.3) is 0 Å². The summed E-state index contributed by atoms with van der Waals surface area (Å²) in [5, 5.41) is 6.15. The first-order chi connectivity index (χ1) is 10.2.